The smallest absolute Gasteiger partial charge is 0.246 e. The van der Waals surface area contributed by atoms with E-state index < -0.39 is 11.6 Å². The van der Waals surface area contributed by atoms with E-state index in [-0.39, 0.29) is 52.6 Å². The second-order valence-electron chi connectivity index (χ2n) is 8.66. The number of thioether (sulfide) groups is 1. The Morgan fingerprint density at radius 1 is 1.22 bits per heavy atom. The summed E-state index contributed by atoms with van der Waals surface area (Å²) in [7, 11) is 0. The molecule has 8 nitrogen and oxygen atoms in total. The lowest BCUT2D eigenvalue weighted by Crippen LogP contribution is -2.42. The number of anilines is 1. The van der Waals surface area contributed by atoms with Gasteiger partial charge in [0.05, 0.1) is 35.0 Å². The Balaban J connectivity index is 1.93. The van der Waals surface area contributed by atoms with E-state index >= 15 is 4.39 Å². The van der Waals surface area contributed by atoms with Gasteiger partial charge in [-0.1, -0.05) is 36.4 Å². The summed E-state index contributed by atoms with van der Waals surface area (Å²) < 4.78 is 37.9. The van der Waals surface area contributed by atoms with Gasteiger partial charge < -0.3 is 10.2 Å². The summed E-state index contributed by atoms with van der Waals surface area (Å²) in [6.45, 7) is 6.55. The van der Waals surface area contributed by atoms with E-state index in [1.54, 1.807) is 9.21 Å². The molecule has 0 saturated carbocycles. The molecule has 41 heavy (non-hydrogen) atoms. The molecule has 0 bridgehead atoms. The van der Waals surface area contributed by atoms with Crippen molar-refractivity contribution in [3.8, 4) is 11.3 Å². The van der Waals surface area contributed by atoms with Crippen molar-refractivity contribution in [2.45, 2.75) is 11.8 Å². The van der Waals surface area contributed by atoms with Gasteiger partial charge in [0.25, 0.3) is 0 Å². The van der Waals surface area contributed by atoms with Gasteiger partial charge in [0.1, 0.15) is 29.6 Å². The molecule has 2 amide bonds. The second kappa shape index (κ2) is 13.9. The van der Waals surface area contributed by atoms with Crippen LogP contribution in [0.15, 0.2) is 65.0 Å². The quantitative estimate of drug-likeness (QED) is 0.0636. The SMILES string of the molecule is C=CC(=O)N1CCOSN(C(=Nc2c(C)cccc2SC)c2cc(F)c(-c3c(F)cccc3Cl)nc2NC=O)CC1. The van der Waals surface area contributed by atoms with Crippen LogP contribution in [0.2, 0.25) is 5.02 Å². The van der Waals surface area contributed by atoms with Crippen LogP contribution in [0, 0.1) is 18.6 Å². The lowest BCUT2D eigenvalue weighted by atomic mass is 10.1. The zero-order valence-corrected chi connectivity index (χ0v) is 24.6. The molecule has 0 spiro atoms. The molecule has 1 aliphatic heterocycles. The fourth-order valence-electron chi connectivity index (χ4n) is 4.12. The van der Waals surface area contributed by atoms with Crippen molar-refractivity contribution in [2.24, 2.45) is 4.99 Å². The monoisotopic (exact) mass is 617 g/mol. The first-order valence-electron chi connectivity index (χ1n) is 12.3. The topological polar surface area (TPSA) is 87.1 Å². The molecule has 1 aromatic heterocycles. The number of hydrogen-bond donors (Lipinski definition) is 1. The van der Waals surface area contributed by atoms with Crippen LogP contribution in [0.3, 0.4) is 0 Å². The molecule has 214 valence electrons. The number of carbonyl (C=O) groups is 2. The number of benzene rings is 2. The first-order valence-corrected chi connectivity index (χ1v) is 14.6. The second-order valence-corrected chi connectivity index (χ2v) is 10.7. The van der Waals surface area contributed by atoms with Gasteiger partial charge in [-0.05, 0) is 49.1 Å². The molecule has 3 aromatic rings. The maximum Gasteiger partial charge on any atom is 0.246 e. The highest BCUT2D eigenvalue weighted by atomic mass is 35.5. The van der Waals surface area contributed by atoms with E-state index in [0.29, 0.717) is 25.2 Å². The van der Waals surface area contributed by atoms with Gasteiger partial charge in [0.2, 0.25) is 12.3 Å². The number of para-hydroxylation sites is 1. The summed E-state index contributed by atoms with van der Waals surface area (Å²) in [6.07, 6.45) is 3.52. The average molecular weight is 618 g/mol. The van der Waals surface area contributed by atoms with Gasteiger partial charge in [0, 0.05) is 18.0 Å². The van der Waals surface area contributed by atoms with Crippen LogP contribution in [0.25, 0.3) is 11.3 Å². The molecule has 1 aliphatic rings. The Bertz CT molecular complexity index is 1490. The minimum atomic E-state index is -0.882. The zero-order chi connectivity index (χ0) is 29.5. The number of nitrogens with zero attached hydrogens (tertiary/aromatic N) is 4. The fraction of sp³-hybridized carbons (Fsp3) is 0.214. The molecule has 4 rings (SSSR count). The highest BCUT2D eigenvalue weighted by Gasteiger charge is 2.27. The average Bonchev–Trinajstić information content (AvgIpc) is 2.94. The number of amidine groups is 1. The van der Waals surface area contributed by atoms with E-state index in [2.05, 4.69) is 16.9 Å². The summed E-state index contributed by atoms with van der Waals surface area (Å²) in [5, 5.41) is 2.46. The Labute approximate surface area is 250 Å². The first kappa shape index (κ1) is 30.5. The summed E-state index contributed by atoms with van der Waals surface area (Å²) in [5.74, 6) is -1.78. The number of carbonyl (C=O) groups excluding carboxylic acids is 2. The molecule has 2 aromatic carbocycles. The number of pyridine rings is 1. The molecule has 1 N–H and O–H groups in total. The molecular formula is C28H26ClF2N5O3S2. The van der Waals surface area contributed by atoms with Gasteiger partial charge in [-0.2, -0.15) is 0 Å². The minimum Gasteiger partial charge on any atom is -0.335 e. The fourth-order valence-corrected chi connectivity index (χ4v) is 5.63. The summed E-state index contributed by atoms with van der Waals surface area (Å²) in [5.41, 5.74) is 0.968. The highest BCUT2D eigenvalue weighted by molar-refractivity contribution is 7.98. The van der Waals surface area contributed by atoms with E-state index in [9.17, 15) is 14.0 Å². The zero-order valence-electron chi connectivity index (χ0n) is 22.2. The summed E-state index contributed by atoms with van der Waals surface area (Å²) >= 11 is 8.67. The molecule has 0 aliphatic carbocycles. The van der Waals surface area contributed by atoms with Gasteiger partial charge in [-0.25, -0.2) is 18.8 Å². The number of amides is 2. The van der Waals surface area contributed by atoms with Crippen LogP contribution in [-0.4, -0.2) is 64.8 Å². The lowest BCUT2D eigenvalue weighted by Gasteiger charge is -2.31. The molecule has 1 saturated heterocycles. The van der Waals surface area contributed by atoms with Crippen molar-refractivity contribution in [3.63, 3.8) is 0 Å². The number of aryl methyl sites for hydroxylation is 1. The molecule has 2 heterocycles. The van der Waals surface area contributed by atoms with E-state index in [4.69, 9.17) is 20.8 Å². The number of aromatic nitrogens is 1. The van der Waals surface area contributed by atoms with Gasteiger partial charge in [0.15, 0.2) is 11.7 Å². The van der Waals surface area contributed by atoms with Gasteiger partial charge >= 0.3 is 0 Å². The maximum absolute atomic E-state index is 15.8. The number of hydrogen-bond acceptors (Lipinski definition) is 7. The number of rotatable bonds is 7. The molecule has 0 unspecified atom stereocenters. The van der Waals surface area contributed by atoms with Crippen molar-refractivity contribution in [3.05, 3.63) is 82.9 Å². The van der Waals surface area contributed by atoms with Crippen LogP contribution in [0.4, 0.5) is 20.3 Å². The highest BCUT2D eigenvalue weighted by Crippen LogP contribution is 2.36. The van der Waals surface area contributed by atoms with Crippen LogP contribution in [0.5, 0.6) is 0 Å². The number of nitrogens with one attached hydrogen (secondary N) is 1. The Morgan fingerprint density at radius 3 is 2.71 bits per heavy atom. The van der Waals surface area contributed by atoms with E-state index in [1.807, 2.05) is 31.4 Å². The van der Waals surface area contributed by atoms with Crippen LogP contribution >= 0.6 is 35.6 Å². The van der Waals surface area contributed by atoms with Crippen molar-refractivity contribution in [1.29, 1.82) is 0 Å². The molecule has 0 atom stereocenters. The van der Waals surface area contributed by atoms with E-state index in [1.165, 1.54) is 30.0 Å². The van der Waals surface area contributed by atoms with E-state index in [0.717, 1.165) is 34.8 Å². The number of aliphatic imine (C=N–C) groups is 1. The third-order valence-electron chi connectivity index (χ3n) is 6.13. The Morgan fingerprint density at radius 2 is 2.00 bits per heavy atom. The van der Waals surface area contributed by atoms with Crippen molar-refractivity contribution >= 4 is 65.2 Å². The molecule has 13 heteroatoms. The Hall–Kier alpha value is -3.45. The number of halogens is 3. The minimum absolute atomic E-state index is 0.0423. The van der Waals surface area contributed by atoms with Crippen molar-refractivity contribution < 1.29 is 22.6 Å². The first-order chi connectivity index (χ1) is 19.8. The molecule has 1 fully saturated rings. The van der Waals surface area contributed by atoms with Gasteiger partial charge in [-0.15, -0.1) is 11.8 Å². The van der Waals surface area contributed by atoms with Gasteiger partial charge in [-0.3, -0.25) is 18.1 Å². The Kier molecular flexibility index (Phi) is 10.4. The predicted octanol–water partition coefficient (Wildman–Crippen LogP) is 6.27. The predicted molar refractivity (Wildman–Crippen MR) is 160 cm³/mol. The summed E-state index contributed by atoms with van der Waals surface area (Å²) in [4.78, 5) is 35.7. The third kappa shape index (κ3) is 6.89. The van der Waals surface area contributed by atoms with Crippen LogP contribution in [-0.2, 0) is 13.8 Å². The largest absolute Gasteiger partial charge is 0.335 e. The van der Waals surface area contributed by atoms with Crippen LogP contribution < -0.4 is 5.32 Å². The standard InChI is InChI=1S/C28H26ClF2N5O3S2/c1-4-23(38)35-11-12-36(41-39-14-13-35)28(34-25-17(2)7-5-10-22(25)40-3)18-15-21(31)26(33-27(18)32-16-37)24-19(29)8-6-9-20(24)30/h4-10,15-16H,1,11-14H2,2-3H3,(H,32,33,37). The third-order valence-corrected chi connectivity index (χ3v) is 8.02. The van der Waals surface area contributed by atoms with Crippen molar-refractivity contribution in [2.75, 3.05) is 37.8 Å². The summed E-state index contributed by atoms with van der Waals surface area (Å²) in [6, 6.07) is 10.8. The molecule has 0 radical (unpaired) electrons. The van der Waals surface area contributed by atoms with Crippen molar-refractivity contribution in [1.82, 2.24) is 14.2 Å². The normalized spacial score (nSPS) is 14.3. The maximum atomic E-state index is 15.8. The molecular weight excluding hydrogens is 592 g/mol. The van der Waals surface area contributed by atoms with Crippen LogP contribution in [0.1, 0.15) is 11.1 Å². The lowest BCUT2D eigenvalue weighted by molar-refractivity contribution is -0.126.